The van der Waals surface area contributed by atoms with Crippen LogP contribution in [0.3, 0.4) is 0 Å². The first-order valence-corrected chi connectivity index (χ1v) is 7.44. The molecule has 1 fully saturated rings. The molecule has 3 nitrogen and oxygen atoms in total. The molecule has 3 heteroatoms. The molecule has 1 saturated heterocycles. The van der Waals surface area contributed by atoms with E-state index in [0.29, 0.717) is 24.1 Å². The molecular weight excluding hydrogens is 224 g/mol. The van der Waals surface area contributed by atoms with Crippen molar-refractivity contribution in [1.82, 2.24) is 10.2 Å². The minimum atomic E-state index is 0.323. The molecule has 18 heavy (non-hydrogen) atoms. The summed E-state index contributed by atoms with van der Waals surface area (Å²) in [6.45, 7) is 14.7. The van der Waals surface area contributed by atoms with Gasteiger partial charge in [0.2, 0.25) is 0 Å². The van der Waals surface area contributed by atoms with Crippen LogP contribution in [0.2, 0.25) is 0 Å². The van der Waals surface area contributed by atoms with Crippen LogP contribution < -0.4 is 5.32 Å². The molecule has 0 bridgehead atoms. The van der Waals surface area contributed by atoms with Crippen LogP contribution in [0.15, 0.2) is 0 Å². The van der Waals surface area contributed by atoms with Crippen LogP contribution in [0, 0.1) is 11.8 Å². The van der Waals surface area contributed by atoms with Crippen molar-refractivity contribution in [1.29, 1.82) is 0 Å². The lowest BCUT2D eigenvalue weighted by atomic mass is 9.94. The van der Waals surface area contributed by atoms with Gasteiger partial charge in [0, 0.05) is 38.8 Å². The van der Waals surface area contributed by atoms with Gasteiger partial charge in [-0.15, -0.1) is 0 Å². The van der Waals surface area contributed by atoms with Gasteiger partial charge in [-0.2, -0.15) is 0 Å². The maximum atomic E-state index is 5.44. The number of hydrogen-bond donors (Lipinski definition) is 1. The van der Waals surface area contributed by atoms with Crippen molar-refractivity contribution in [3.63, 3.8) is 0 Å². The quantitative estimate of drug-likeness (QED) is 0.789. The number of rotatable bonds is 6. The smallest absolute Gasteiger partial charge is 0.0670 e. The van der Waals surface area contributed by atoms with Crippen LogP contribution in [0.25, 0.3) is 0 Å². The number of ether oxygens (including phenoxy) is 1. The molecule has 1 rings (SSSR count). The molecule has 0 aliphatic carbocycles. The van der Waals surface area contributed by atoms with E-state index in [1.54, 1.807) is 0 Å². The van der Waals surface area contributed by atoms with Gasteiger partial charge in [0.05, 0.1) is 6.10 Å². The van der Waals surface area contributed by atoms with Crippen LogP contribution >= 0.6 is 0 Å². The molecule has 3 unspecified atom stereocenters. The monoisotopic (exact) mass is 256 g/mol. The van der Waals surface area contributed by atoms with Gasteiger partial charge in [0.25, 0.3) is 0 Å². The second kappa shape index (κ2) is 7.46. The Morgan fingerprint density at radius 2 is 1.89 bits per heavy atom. The fraction of sp³-hybridized carbons (Fsp3) is 1.00. The van der Waals surface area contributed by atoms with Crippen molar-refractivity contribution in [2.75, 3.05) is 26.7 Å². The van der Waals surface area contributed by atoms with E-state index in [-0.39, 0.29) is 0 Å². The first-order chi connectivity index (χ1) is 8.43. The third-order valence-electron chi connectivity index (χ3n) is 3.96. The van der Waals surface area contributed by atoms with Gasteiger partial charge in [0.15, 0.2) is 0 Å². The first kappa shape index (κ1) is 15.9. The lowest BCUT2D eigenvalue weighted by Crippen LogP contribution is -2.59. The Morgan fingerprint density at radius 3 is 2.39 bits per heavy atom. The first-order valence-electron chi connectivity index (χ1n) is 7.44. The highest BCUT2D eigenvalue weighted by atomic mass is 16.5. The van der Waals surface area contributed by atoms with Crippen LogP contribution in [-0.4, -0.2) is 49.8 Å². The topological polar surface area (TPSA) is 24.5 Å². The van der Waals surface area contributed by atoms with E-state index in [1.165, 1.54) is 6.42 Å². The summed E-state index contributed by atoms with van der Waals surface area (Å²) in [5.41, 5.74) is 0. The fourth-order valence-corrected chi connectivity index (χ4v) is 2.90. The maximum Gasteiger partial charge on any atom is 0.0670 e. The van der Waals surface area contributed by atoms with Gasteiger partial charge in [0.1, 0.15) is 0 Å². The van der Waals surface area contributed by atoms with Gasteiger partial charge in [-0.3, -0.25) is 4.90 Å². The zero-order chi connectivity index (χ0) is 13.7. The largest absolute Gasteiger partial charge is 0.380 e. The molecule has 0 aromatic rings. The van der Waals surface area contributed by atoms with Crippen LogP contribution in [0.1, 0.15) is 41.0 Å². The summed E-state index contributed by atoms with van der Waals surface area (Å²) in [6, 6.07) is 1.29. The Kier molecular flexibility index (Phi) is 6.61. The van der Waals surface area contributed by atoms with Gasteiger partial charge in [-0.25, -0.2) is 0 Å². The average molecular weight is 256 g/mol. The molecule has 0 saturated carbocycles. The van der Waals surface area contributed by atoms with E-state index in [0.717, 1.165) is 25.6 Å². The van der Waals surface area contributed by atoms with Crippen molar-refractivity contribution in [2.45, 2.75) is 59.2 Å². The zero-order valence-electron chi connectivity index (χ0n) is 13.1. The van der Waals surface area contributed by atoms with E-state index >= 15 is 0 Å². The SMILES string of the molecule is COC(C)CN1CC(CC(C)C)NCC1C(C)C. The van der Waals surface area contributed by atoms with Crippen LogP contribution in [-0.2, 0) is 4.74 Å². The van der Waals surface area contributed by atoms with E-state index in [4.69, 9.17) is 4.74 Å². The third-order valence-corrected chi connectivity index (χ3v) is 3.96. The van der Waals surface area contributed by atoms with E-state index < -0.39 is 0 Å². The predicted molar refractivity (Wildman–Crippen MR) is 77.9 cm³/mol. The predicted octanol–water partition coefficient (Wildman–Crippen LogP) is 2.37. The lowest BCUT2D eigenvalue weighted by Gasteiger charge is -2.43. The van der Waals surface area contributed by atoms with E-state index in [2.05, 4.69) is 44.8 Å². The molecule has 0 spiro atoms. The number of methoxy groups -OCH3 is 1. The summed E-state index contributed by atoms with van der Waals surface area (Å²) in [4.78, 5) is 2.63. The number of piperazine rings is 1. The van der Waals surface area contributed by atoms with Crippen LogP contribution in [0.4, 0.5) is 0 Å². The minimum absolute atomic E-state index is 0.323. The van der Waals surface area contributed by atoms with Gasteiger partial charge in [-0.1, -0.05) is 27.7 Å². The highest BCUT2D eigenvalue weighted by molar-refractivity contribution is 4.88. The van der Waals surface area contributed by atoms with E-state index in [9.17, 15) is 0 Å². The van der Waals surface area contributed by atoms with Crippen molar-refractivity contribution < 1.29 is 4.74 Å². The second-order valence-electron chi connectivity index (χ2n) is 6.55. The van der Waals surface area contributed by atoms with Crippen LogP contribution in [0.5, 0.6) is 0 Å². The van der Waals surface area contributed by atoms with Gasteiger partial charge in [-0.05, 0) is 25.2 Å². The fourth-order valence-electron chi connectivity index (χ4n) is 2.90. The number of hydrogen-bond acceptors (Lipinski definition) is 3. The average Bonchev–Trinajstić information content (AvgIpc) is 2.27. The summed E-state index contributed by atoms with van der Waals surface area (Å²) < 4.78 is 5.44. The zero-order valence-corrected chi connectivity index (χ0v) is 13.1. The molecule has 0 aromatic heterocycles. The minimum Gasteiger partial charge on any atom is -0.380 e. The lowest BCUT2D eigenvalue weighted by molar-refractivity contribution is 0.0260. The molecule has 3 atom stereocenters. The Hall–Kier alpha value is -0.120. The number of nitrogens with zero attached hydrogens (tertiary/aromatic N) is 1. The molecule has 1 N–H and O–H groups in total. The Bertz CT molecular complexity index is 231. The van der Waals surface area contributed by atoms with Crippen molar-refractivity contribution in [3.8, 4) is 0 Å². The van der Waals surface area contributed by atoms with Crippen molar-refractivity contribution >= 4 is 0 Å². The summed E-state index contributed by atoms with van der Waals surface area (Å²) in [7, 11) is 1.81. The third kappa shape index (κ3) is 4.87. The molecule has 0 amide bonds. The van der Waals surface area contributed by atoms with Crippen molar-refractivity contribution in [2.24, 2.45) is 11.8 Å². The second-order valence-corrected chi connectivity index (χ2v) is 6.55. The van der Waals surface area contributed by atoms with Gasteiger partial charge >= 0.3 is 0 Å². The summed E-state index contributed by atoms with van der Waals surface area (Å²) in [5, 5.41) is 3.72. The Morgan fingerprint density at radius 1 is 1.22 bits per heavy atom. The van der Waals surface area contributed by atoms with Gasteiger partial charge < -0.3 is 10.1 Å². The van der Waals surface area contributed by atoms with E-state index in [1.807, 2.05) is 7.11 Å². The Balaban J connectivity index is 2.58. The molecule has 1 aliphatic rings. The summed E-state index contributed by atoms with van der Waals surface area (Å²) in [5.74, 6) is 1.46. The normalized spacial score (nSPS) is 28.0. The highest BCUT2D eigenvalue weighted by Crippen LogP contribution is 2.18. The molecule has 1 aliphatic heterocycles. The Labute approximate surface area is 113 Å². The molecular formula is C15H32N2O. The molecule has 0 radical (unpaired) electrons. The molecule has 0 aromatic carbocycles. The standard InChI is InChI=1S/C15H32N2O/c1-11(2)7-14-10-17(9-13(5)18-6)15(8-16-14)12(3)4/h11-16H,7-10H2,1-6H3. The summed E-state index contributed by atoms with van der Waals surface area (Å²) in [6.07, 6.45) is 1.59. The molecule has 1 heterocycles. The number of nitrogens with one attached hydrogen (secondary N) is 1. The molecule has 108 valence electrons. The van der Waals surface area contributed by atoms with Crippen molar-refractivity contribution in [3.05, 3.63) is 0 Å². The summed E-state index contributed by atoms with van der Waals surface area (Å²) >= 11 is 0. The maximum absolute atomic E-state index is 5.44. The highest BCUT2D eigenvalue weighted by Gasteiger charge is 2.30.